The van der Waals surface area contributed by atoms with Crippen molar-refractivity contribution in [1.29, 1.82) is 0 Å². The summed E-state index contributed by atoms with van der Waals surface area (Å²) >= 11 is 0. The molecule has 1 fully saturated rings. The lowest BCUT2D eigenvalue weighted by Gasteiger charge is -2.31. The standard InChI is InChI=1S/C25H27N7O4S/c1-16-9-11-26-21(14-16)29-25(33)17-5-7-19(8-6-17)36-20-10-12-27-23-22(20)24(31-30-23)28-18-4-3-13-32(15-18)37(2,34)35/h5-12,14,18H,3-4,13,15H2,1-2H3,(H,26,29,33)(H2,27,28,30,31)/t18-/m1/s1. The summed E-state index contributed by atoms with van der Waals surface area (Å²) in [4.78, 5) is 21.1. The molecule has 1 aliphatic heterocycles. The number of pyridine rings is 2. The number of carbonyl (C=O) groups is 1. The Balaban J connectivity index is 1.31. The number of anilines is 2. The maximum atomic E-state index is 12.6. The van der Waals surface area contributed by atoms with Crippen LogP contribution in [0, 0.1) is 6.92 Å². The average molecular weight is 522 g/mol. The van der Waals surface area contributed by atoms with Crippen LogP contribution >= 0.6 is 0 Å². The van der Waals surface area contributed by atoms with E-state index in [9.17, 15) is 13.2 Å². The summed E-state index contributed by atoms with van der Waals surface area (Å²) in [5, 5.41) is 14.1. The number of amides is 1. The first-order chi connectivity index (χ1) is 17.8. The number of ether oxygens (including phenoxy) is 1. The summed E-state index contributed by atoms with van der Waals surface area (Å²) in [6, 6.07) is 12.1. The number of hydrogen-bond donors (Lipinski definition) is 3. The lowest BCUT2D eigenvalue weighted by atomic mass is 10.1. The lowest BCUT2D eigenvalue weighted by Crippen LogP contribution is -2.44. The highest BCUT2D eigenvalue weighted by Gasteiger charge is 2.27. The van der Waals surface area contributed by atoms with Crippen molar-refractivity contribution in [3.05, 3.63) is 66.0 Å². The Morgan fingerprint density at radius 1 is 1.14 bits per heavy atom. The molecule has 0 radical (unpaired) electrons. The number of piperidine rings is 1. The van der Waals surface area contributed by atoms with Gasteiger partial charge in [-0.25, -0.2) is 22.7 Å². The van der Waals surface area contributed by atoms with E-state index in [1.165, 1.54) is 10.6 Å². The van der Waals surface area contributed by atoms with Crippen molar-refractivity contribution in [3.63, 3.8) is 0 Å². The zero-order valence-electron chi connectivity index (χ0n) is 20.4. The Morgan fingerprint density at radius 2 is 1.92 bits per heavy atom. The maximum Gasteiger partial charge on any atom is 0.256 e. The molecule has 1 amide bonds. The van der Waals surface area contributed by atoms with Crippen LogP contribution in [0.2, 0.25) is 0 Å². The fourth-order valence-electron chi connectivity index (χ4n) is 4.26. The van der Waals surface area contributed by atoms with Crippen LogP contribution < -0.4 is 15.4 Å². The normalized spacial score (nSPS) is 16.4. The number of carbonyl (C=O) groups excluding carboxylic acids is 1. The fraction of sp³-hybridized carbons (Fsp3) is 0.280. The summed E-state index contributed by atoms with van der Waals surface area (Å²) in [7, 11) is -3.26. The molecule has 1 aliphatic rings. The highest BCUT2D eigenvalue weighted by molar-refractivity contribution is 7.88. The number of rotatable bonds is 7. The summed E-state index contributed by atoms with van der Waals surface area (Å²) in [5.41, 5.74) is 2.01. The van der Waals surface area contributed by atoms with Gasteiger partial charge in [-0.2, -0.15) is 5.10 Å². The van der Waals surface area contributed by atoms with Crippen molar-refractivity contribution in [1.82, 2.24) is 24.5 Å². The second kappa shape index (κ2) is 10.1. The van der Waals surface area contributed by atoms with Crippen LogP contribution in [0.15, 0.2) is 54.9 Å². The number of benzene rings is 1. The summed E-state index contributed by atoms with van der Waals surface area (Å²) in [5.74, 6) is 1.82. The third kappa shape index (κ3) is 5.70. The summed E-state index contributed by atoms with van der Waals surface area (Å²) in [6.45, 7) is 2.81. The molecule has 3 aromatic heterocycles. The van der Waals surface area contributed by atoms with Crippen molar-refractivity contribution in [2.24, 2.45) is 0 Å². The maximum absolute atomic E-state index is 12.6. The number of aromatic amines is 1. The van der Waals surface area contributed by atoms with E-state index in [-0.39, 0.29) is 11.9 Å². The number of fused-ring (bicyclic) bond motifs is 1. The molecular weight excluding hydrogens is 494 g/mol. The van der Waals surface area contributed by atoms with Crippen molar-refractivity contribution >= 4 is 38.6 Å². The van der Waals surface area contributed by atoms with Gasteiger partial charge in [-0.05, 0) is 61.7 Å². The number of aryl methyl sites for hydroxylation is 1. The van der Waals surface area contributed by atoms with Crippen LogP contribution in [0.1, 0.15) is 28.8 Å². The second-order valence-corrected chi connectivity index (χ2v) is 11.0. The smallest absolute Gasteiger partial charge is 0.256 e. The highest BCUT2D eigenvalue weighted by Crippen LogP contribution is 2.33. The quantitative estimate of drug-likeness (QED) is 0.335. The molecule has 3 N–H and O–H groups in total. The number of H-pyrrole nitrogens is 1. The number of hydrogen-bond acceptors (Lipinski definition) is 8. The van der Waals surface area contributed by atoms with Gasteiger partial charge >= 0.3 is 0 Å². The van der Waals surface area contributed by atoms with E-state index in [2.05, 4.69) is 30.8 Å². The fourth-order valence-corrected chi connectivity index (χ4v) is 5.17. The first-order valence-corrected chi connectivity index (χ1v) is 13.7. The molecule has 0 bridgehead atoms. The van der Waals surface area contributed by atoms with Crippen LogP contribution in [0.5, 0.6) is 11.5 Å². The van der Waals surface area contributed by atoms with E-state index in [1.54, 1.807) is 48.8 Å². The number of aromatic nitrogens is 4. The third-order valence-electron chi connectivity index (χ3n) is 6.12. The first kappa shape index (κ1) is 24.7. The van der Waals surface area contributed by atoms with Gasteiger partial charge in [0.1, 0.15) is 22.7 Å². The number of nitrogens with one attached hydrogen (secondary N) is 3. The van der Waals surface area contributed by atoms with Crippen molar-refractivity contribution in [2.45, 2.75) is 25.8 Å². The van der Waals surface area contributed by atoms with E-state index < -0.39 is 10.0 Å². The zero-order valence-corrected chi connectivity index (χ0v) is 21.2. The van der Waals surface area contributed by atoms with Crippen molar-refractivity contribution < 1.29 is 17.9 Å². The molecule has 0 unspecified atom stereocenters. The van der Waals surface area contributed by atoms with Crippen molar-refractivity contribution in [2.75, 3.05) is 30.0 Å². The van der Waals surface area contributed by atoms with E-state index >= 15 is 0 Å². The van der Waals surface area contributed by atoms with Gasteiger partial charge in [0.2, 0.25) is 10.0 Å². The molecule has 1 atom stereocenters. The molecular formula is C25H27N7O4S. The van der Waals surface area contributed by atoms with E-state index in [0.29, 0.717) is 52.8 Å². The summed E-state index contributed by atoms with van der Waals surface area (Å²) < 4.78 is 31.6. The minimum Gasteiger partial charge on any atom is -0.456 e. The Bertz CT molecular complexity index is 1540. The van der Waals surface area contributed by atoms with Crippen LogP contribution in [0.4, 0.5) is 11.6 Å². The average Bonchev–Trinajstić information content (AvgIpc) is 3.28. The van der Waals surface area contributed by atoms with E-state index in [1.807, 2.05) is 13.0 Å². The van der Waals surface area contributed by atoms with Gasteiger partial charge in [0.15, 0.2) is 11.5 Å². The predicted octanol–water partition coefficient (Wildman–Crippen LogP) is 3.54. The zero-order chi connectivity index (χ0) is 26.0. The molecule has 37 heavy (non-hydrogen) atoms. The number of nitrogens with zero attached hydrogens (tertiary/aromatic N) is 4. The minimum atomic E-state index is -3.26. The SMILES string of the molecule is Cc1ccnc(NC(=O)c2ccc(Oc3ccnc4[nH]nc(N[C@@H]5CCCN(S(C)(=O)=O)C5)c34)cc2)c1. The molecule has 1 aromatic carbocycles. The van der Waals surface area contributed by atoms with Crippen LogP contribution in [0.25, 0.3) is 11.0 Å². The minimum absolute atomic E-state index is 0.0938. The van der Waals surface area contributed by atoms with E-state index in [0.717, 1.165) is 18.4 Å². The molecule has 5 rings (SSSR count). The Labute approximate surface area is 214 Å². The van der Waals surface area contributed by atoms with Gasteiger partial charge < -0.3 is 15.4 Å². The van der Waals surface area contributed by atoms with Gasteiger partial charge in [0.25, 0.3) is 5.91 Å². The lowest BCUT2D eigenvalue weighted by molar-refractivity contribution is 0.102. The number of sulfonamides is 1. The first-order valence-electron chi connectivity index (χ1n) is 11.8. The topological polar surface area (TPSA) is 142 Å². The van der Waals surface area contributed by atoms with Crippen molar-refractivity contribution in [3.8, 4) is 11.5 Å². The van der Waals surface area contributed by atoms with Gasteiger partial charge in [-0.15, -0.1) is 0 Å². The molecule has 11 nitrogen and oxygen atoms in total. The molecule has 0 aliphatic carbocycles. The Hall–Kier alpha value is -4.03. The van der Waals surface area contributed by atoms with Gasteiger partial charge in [0, 0.05) is 43.2 Å². The molecule has 4 heterocycles. The van der Waals surface area contributed by atoms with Crippen LogP contribution in [0.3, 0.4) is 0 Å². The molecule has 192 valence electrons. The van der Waals surface area contributed by atoms with Gasteiger partial charge in [-0.3, -0.25) is 9.89 Å². The molecule has 4 aromatic rings. The van der Waals surface area contributed by atoms with Gasteiger partial charge in [0.05, 0.1) is 6.26 Å². The highest BCUT2D eigenvalue weighted by atomic mass is 32.2. The van der Waals surface area contributed by atoms with E-state index in [4.69, 9.17) is 4.74 Å². The molecule has 12 heteroatoms. The summed E-state index contributed by atoms with van der Waals surface area (Å²) in [6.07, 6.45) is 6.06. The van der Waals surface area contributed by atoms with Gasteiger partial charge in [-0.1, -0.05) is 0 Å². The Morgan fingerprint density at radius 3 is 2.68 bits per heavy atom. The molecule has 0 spiro atoms. The third-order valence-corrected chi connectivity index (χ3v) is 7.39. The molecule has 1 saturated heterocycles. The molecule has 0 saturated carbocycles. The second-order valence-electron chi connectivity index (χ2n) is 9.01. The predicted molar refractivity (Wildman–Crippen MR) is 140 cm³/mol. The Kier molecular flexibility index (Phi) is 6.76. The largest absolute Gasteiger partial charge is 0.456 e. The van der Waals surface area contributed by atoms with Crippen LogP contribution in [-0.4, -0.2) is 64.2 Å². The monoisotopic (exact) mass is 521 g/mol. The van der Waals surface area contributed by atoms with Crippen LogP contribution in [-0.2, 0) is 10.0 Å².